The van der Waals surface area contributed by atoms with Gasteiger partial charge >= 0.3 is 0 Å². The van der Waals surface area contributed by atoms with Gasteiger partial charge in [0.2, 0.25) is 0 Å². The summed E-state index contributed by atoms with van der Waals surface area (Å²) in [7, 11) is 1.66. The molecule has 2 aliphatic rings. The molecule has 1 heterocycles. The fourth-order valence-electron chi connectivity index (χ4n) is 6.31. The average molecular weight is 436 g/mol. The van der Waals surface area contributed by atoms with Crippen LogP contribution in [0.15, 0.2) is 18.3 Å². The van der Waals surface area contributed by atoms with Crippen LogP contribution in [0.4, 0.5) is 0 Å². The number of fused-ring (bicyclic) bond motifs is 4. The molecule has 32 heavy (non-hydrogen) atoms. The fraction of sp³-hybridized carbons (Fsp3) is 0.593. The first-order valence-electron chi connectivity index (χ1n) is 12.0. The van der Waals surface area contributed by atoms with Crippen LogP contribution in [0.5, 0.6) is 5.75 Å². The van der Waals surface area contributed by atoms with Crippen molar-refractivity contribution in [3.8, 4) is 5.75 Å². The van der Waals surface area contributed by atoms with Gasteiger partial charge in [0.15, 0.2) is 0 Å². The number of hydrogen-bond donors (Lipinski definition) is 1. The third-order valence-corrected chi connectivity index (χ3v) is 7.85. The lowest BCUT2D eigenvalue weighted by atomic mass is 9.50. The molecule has 0 bridgehead atoms. The van der Waals surface area contributed by atoms with E-state index in [2.05, 4.69) is 50.1 Å². The molecule has 0 saturated heterocycles. The van der Waals surface area contributed by atoms with E-state index in [1.54, 1.807) is 7.11 Å². The highest BCUT2D eigenvalue weighted by atomic mass is 16.5. The monoisotopic (exact) mass is 435 g/mol. The summed E-state index contributed by atoms with van der Waals surface area (Å²) in [6.07, 6.45) is 8.26. The van der Waals surface area contributed by atoms with Crippen LogP contribution < -0.4 is 10.1 Å². The van der Waals surface area contributed by atoms with Crippen LogP contribution in [0, 0.1) is 12.8 Å². The number of carbonyl (C=O) groups excluding carboxylic acids is 1. The number of aryl methyl sites for hydroxylation is 2. The molecule has 1 aromatic heterocycles. The van der Waals surface area contributed by atoms with Crippen molar-refractivity contribution in [3.63, 3.8) is 0 Å². The van der Waals surface area contributed by atoms with Gasteiger partial charge in [-0.15, -0.1) is 0 Å². The molecule has 2 aliphatic carbocycles. The number of benzene rings is 1. The Balaban J connectivity index is 1.73. The van der Waals surface area contributed by atoms with E-state index in [9.17, 15) is 4.79 Å². The molecule has 0 radical (unpaired) electrons. The zero-order valence-corrected chi connectivity index (χ0v) is 20.5. The van der Waals surface area contributed by atoms with E-state index in [1.807, 2.05) is 13.1 Å². The molecule has 5 heteroatoms. The highest BCUT2D eigenvalue weighted by Crippen LogP contribution is 2.56. The first kappa shape index (κ1) is 22.8. The number of carbonyl (C=O) groups is 1. The minimum Gasteiger partial charge on any atom is -0.496 e. The van der Waals surface area contributed by atoms with Crippen molar-refractivity contribution in [3.05, 3.63) is 52.1 Å². The lowest BCUT2D eigenvalue weighted by Gasteiger charge is -2.54. The second-order valence-corrected chi connectivity index (χ2v) is 10.4. The zero-order chi connectivity index (χ0) is 23.1. The highest BCUT2D eigenvalue weighted by molar-refractivity contribution is 5.97. The standard InChI is InChI=1S/C27H37N3O2/c1-7-8-9-12-28-25(31)20-13-18-10-11-23-26(3,4)24-19(16-29-17(2)30-24)15-27(23,5)21(18)14-22(20)32-6/h13-14,16,23H,7-12,15H2,1-6H3,(H,28,31)/t23?,27-/m1/s1. The Labute approximate surface area is 192 Å². The number of rotatable bonds is 6. The number of hydrogen-bond acceptors (Lipinski definition) is 4. The predicted octanol–water partition coefficient (Wildman–Crippen LogP) is 5.07. The summed E-state index contributed by atoms with van der Waals surface area (Å²) in [5, 5.41) is 3.08. The van der Waals surface area contributed by atoms with Crippen molar-refractivity contribution in [1.82, 2.24) is 15.3 Å². The van der Waals surface area contributed by atoms with E-state index in [0.717, 1.165) is 44.3 Å². The van der Waals surface area contributed by atoms with Gasteiger partial charge in [0, 0.05) is 23.6 Å². The van der Waals surface area contributed by atoms with Gasteiger partial charge in [0.25, 0.3) is 5.91 Å². The summed E-state index contributed by atoms with van der Waals surface area (Å²) in [4.78, 5) is 22.3. The number of nitrogens with zero attached hydrogens (tertiary/aromatic N) is 2. The van der Waals surface area contributed by atoms with Crippen molar-refractivity contribution in [2.45, 2.75) is 84.0 Å². The zero-order valence-electron chi connectivity index (χ0n) is 20.5. The van der Waals surface area contributed by atoms with Crippen molar-refractivity contribution in [2.75, 3.05) is 13.7 Å². The number of nitrogens with one attached hydrogen (secondary N) is 1. The van der Waals surface area contributed by atoms with Crippen molar-refractivity contribution in [1.29, 1.82) is 0 Å². The fourth-order valence-corrected chi connectivity index (χ4v) is 6.31. The second-order valence-electron chi connectivity index (χ2n) is 10.4. The number of amides is 1. The van der Waals surface area contributed by atoms with Crippen LogP contribution >= 0.6 is 0 Å². The molecule has 5 nitrogen and oxygen atoms in total. The molecular weight excluding hydrogens is 398 g/mol. The summed E-state index contributed by atoms with van der Waals surface area (Å²) in [6.45, 7) is 11.9. The van der Waals surface area contributed by atoms with Gasteiger partial charge in [-0.1, -0.05) is 40.5 Å². The Kier molecular flexibility index (Phi) is 6.04. The molecule has 172 valence electrons. The largest absolute Gasteiger partial charge is 0.496 e. The Bertz CT molecular complexity index is 1030. The van der Waals surface area contributed by atoms with Crippen LogP contribution in [-0.4, -0.2) is 29.5 Å². The Morgan fingerprint density at radius 2 is 2.00 bits per heavy atom. The van der Waals surface area contributed by atoms with Gasteiger partial charge in [0.05, 0.1) is 18.4 Å². The number of unbranched alkanes of at least 4 members (excludes halogenated alkanes) is 2. The molecule has 1 aromatic carbocycles. The molecule has 0 fully saturated rings. The van der Waals surface area contributed by atoms with Gasteiger partial charge in [0.1, 0.15) is 11.6 Å². The van der Waals surface area contributed by atoms with E-state index >= 15 is 0 Å². The average Bonchev–Trinajstić information content (AvgIpc) is 2.76. The summed E-state index contributed by atoms with van der Waals surface area (Å²) < 4.78 is 5.74. The maximum absolute atomic E-state index is 12.9. The molecule has 0 aliphatic heterocycles. The molecule has 1 N–H and O–H groups in total. The highest BCUT2D eigenvalue weighted by Gasteiger charge is 2.53. The summed E-state index contributed by atoms with van der Waals surface area (Å²) in [5.74, 6) is 1.93. The molecule has 2 atom stereocenters. The lowest BCUT2D eigenvalue weighted by Crippen LogP contribution is -2.52. The van der Waals surface area contributed by atoms with Crippen LogP contribution in [0.25, 0.3) is 0 Å². The SMILES string of the molecule is CCCCCNC(=O)c1cc2c(cc1OC)[C@@]1(C)Cc3cnc(C)nc3C(C)(C)C1CC2. The second kappa shape index (κ2) is 8.49. The first-order valence-corrected chi connectivity index (χ1v) is 12.0. The van der Waals surface area contributed by atoms with Crippen LogP contribution in [0.2, 0.25) is 0 Å². The van der Waals surface area contributed by atoms with Gasteiger partial charge in [-0.05, 0) is 67.3 Å². The Morgan fingerprint density at radius 3 is 2.72 bits per heavy atom. The third-order valence-electron chi connectivity index (χ3n) is 7.85. The van der Waals surface area contributed by atoms with E-state index in [4.69, 9.17) is 9.72 Å². The van der Waals surface area contributed by atoms with E-state index < -0.39 is 0 Å². The maximum Gasteiger partial charge on any atom is 0.255 e. The topological polar surface area (TPSA) is 64.1 Å². The van der Waals surface area contributed by atoms with Crippen LogP contribution in [0.3, 0.4) is 0 Å². The molecule has 2 aromatic rings. The molecule has 0 saturated carbocycles. The van der Waals surface area contributed by atoms with Crippen LogP contribution in [-0.2, 0) is 23.7 Å². The molecular formula is C27H37N3O2. The van der Waals surface area contributed by atoms with Crippen LogP contribution in [0.1, 0.15) is 91.9 Å². The van der Waals surface area contributed by atoms with Gasteiger partial charge < -0.3 is 10.1 Å². The van der Waals surface area contributed by atoms with E-state index in [1.165, 1.54) is 22.4 Å². The van der Waals surface area contributed by atoms with Gasteiger partial charge in [-0.25, -0.2) is 9.97 Å². The summed E-state index contributed by atoms with van der Waals surface area (Å²) in [6, 6.07) is 4.22. The lowest BCUT2D eigenvalue weighted by molar-refractivity contribution is 0.0948. The molecule has 1 unspecified atom stereocenters. The van der Waals surface area contributed by atoms with Gasteiger partial charge in [-0.3, -0.25) is 4.79 Å². The Morgan fingerprint density at radius 1 is 1.22 bits per heavy atom. The quantitative estimate of drug-likeness (QED) is 0.644. The maximum atomic E-state index is 12.9. The van der Waals surface area contributed by atoms with E-state index in [-0.39, 0.29) is 16.7 Å². The Hall–Kier alpha value is -2.43. The van der Waals surface area contributed by atoms with Crippen molar-refractivity contribution >= 4 is 5.91 Å². The summed E-state index contributed by atoms with van der Waals surface area (Å²) in [5.41, 5.74) is 5.58. The molecule has 1 amide bonds. The minimum atomic E-state index is -0.0495. The van der Waals surface area contributed by atoms with Gasteiger partial charge in [-0.2, -0.15) is 0 Å². The van der Waals surface area contributed by atoms with E-state index in [0.29, 0.717) is 23.8 Å². The number of methoxy groups -OCH3 is 1. The number of ether oxygens (including phenoxy) is 1. The van der Waals surface area contributed by atoms with Crippen molar-refractivity contribution < 1.29 is 9.53 Å². The molecule has 4 rings (SSSR count). The summed E-state index contributed by atoms with van der Waals surface area (Å²) >= 11 is 0. The normalized spacial score (nSPS) is 23.0. The molecule has 0 spiro atoms. The third kappa shape index (κ3) is 3.70. The minimum absolute atomic E-state index is 0.0359. The smallest absolute Gasteiger partial charge is 0.255 e. The predicted molar refractivity (Wildman–Crippen MR) is 128 cm³/mol. The first-order chi connectivity index (χ1) is 15.2. The van der Waals surface area contributed by atoms with Crippen molar-refractivity contribution in [2.24, 2.45) is 5.92 Å². The number of aromatic nitrogens is 2.